The van der Waals surface area contributed by atoms with Crippen molar-refractivity contribution in [3.05, 3.63) is 54.0 Å². The summed E-state index contributed by atoms with van der Waals surface area (Å²) >= 11 is 0. The average Bonchev–Trinajstić information content (AvgIpc) is 2.94. The second-order valence-electron chi connectivity index (χ2n) is 4.82. The summed E-state index contributed by atoms with van der Waals surface area (Å²) in [5.41, 5.74) is 2.16. The predicted octanol–water partition coefficient (Wildman–Crippen LogP) is 3.63. The van der Waals surface area contributed by atoms with E-state index < -0.39 is 5.97 Å². The van der Waals surface area contributed by atoms with Crippen LogP contribution in [0, 0.1) is 6.92 Å². The first-order valence-electron chi connectivity index (χ1n) is 6.67. The number of rotatable bonds is 6. The molecule has 0 amide bonds. The second-order valence-corrected chi connectivity index (χ2v) is 4.82. The van der Waals surface area contributed by atoms with Gasteiger partial charge in [0.05, 0.1) is 18.7 Å². The largest absolute Gasteiger partial charge is 0.481 e. The highest BCUT2D eigenvalue weighted by Crippen LogP contribution is 2.29. The summed E-state index contributed by atoms with van der Waals surface area (Å²) in [5, 5.41) is 8.94. The lowest BCUT2D eigenvalue weighted by Gasteiger charge is -2.31. The zero-order chi connectivity index (χ0) is 14.5. The van der Waals surface area contributed by atoms with Gasteiger partial charge in [0.1, 0.15) is 5.76 Å². The SMILES string of the molecule is Cc1ccccc1N(CCC(=O)O)C(C)c1ccco1. The Hall–Kier alpha value is -2.23. The van der Waals surface area contributed by atoms with E-state index in [1.807, 2.05) is 50.2 Å². The van der Waals surface area contributed by atoms with E-state index in [1.165, 1.54) is 0 Å². The third-order valence-electron chi connectivity index (χ3n) is 3.41. The lowest BCUT2D eigenvalue weighted by Crippen LogP contribution is -2.29. The van der Waals surface area contributed by atoms with Gasteiger partial charge in [-0.1, -0.05) is 18.2 Å². The van der Waals surface area contributed by atoms with Crippen molar-refractivity contribution in [2.45, 2.75) is 26.3 Å². The quantitative estimate of drug-likeness (QED) is 0.873. The molecule has 1 atom stereocenters. The fraction of sp³-hybridized carbons (Fsp3) is 0.312. The first kappa shape index (κ1) is 14.2. The van der Waals surface area contributed by atoms with Gasteiger partial charge in [0, 0.05) is 12.2 Å². The molecule has 20 heavy (non-hydrogen) atoms. The van der Waals surface area contributed by atoms with Crippen molar-refractivity contribution in [1.82, 2.24) is 0 Å². The van der Waals surface area contributed by atoms with Gasteiger partial charge in [0.2, 0.25) is 0 Å². The number of aliphatic carboxylic acids is 1. The van der Waals surface area contributed by atoms with Crippen LogP contribution in [0.4, 0.5) is 5.69 Å². The minimum Gasteiger partial charge on any atom is -0.481 e. The maximum absolute atomic E-state index is 10.9. The van der Waals surface area contributed by atoms with Crippen LogP contribution in [-0.4, -0.2) is 17.6 Å². The molecular weight excluding hydrogens is 254 g/mol. The predicted molar refractivity (Wildman–Crippen MR) is 77.9 cm³/mol. The number of carboxylic acids is 1. The van der Waals surface area contributed by atoms with Crippen molar-refractivity contribution in [2.24, 2.45) is 0 Å². The van der Waals surface area contributed by atoms with Crippen LogP contribution < -0.4 is 4.90 Å². The van der Waals surface area contributed by atoms with Gasteiger partial charge < -0.3 is 14.4 Å². The van der Waals surface area contributed by atoms with Crippen molar-refractivity contribution in [1.29, 1.82) is 0 Å². The van der Waals surface area contributed by atoms with Crippen molar-refractivity contribution in [2.75, 3.05) is 11.4 Å². The van der Waals surface area contributed by atoms with E-state index in [4.69, 9.17) is 9.52 Å². The second kappa shape index (κ2) is 6.28. The van der Waals surface area contributed by atoms with Gasteiger partial charge in [-0.05, 0) is 37.6 Å². The smallest absolute Gasteiger partial charge is 0.305 e. The first-order valence-corrected chi connectivity index (χ1v) is 6.67. The van der Waals surface area contributed by atoms with Gasteiger partial charge in [-0.2, -0.15) is 0 Å². The molecule has 0 fully saturated rings. The summed E-state index contributed by atoms with van der Waals surface area (Å²) in [6.45, 7) is 4.49. The molecule has 1 unspecified atom stereocenters. The van der Waals surface area contributed by atoms with Crippen LogP contribution in [0.25, 0.3) is 0 Å². The highest BCUT2D eigenvalue weighted by atomic mass is 16.4. The summed E-state index contributed by atoms with van der Waals surface area (Å²) in [5.74, 6) is 0.0360. The fourth-order valence-electron chi connectivity index (χ4n) is 2.31. The van der Waals surface area contributed by atoms with Crippen LogP contribution in [-0.2, 0) is 4.79 Å². The lowest BCUT2D eigenvalue weighted by molar-refractivity contribution is -0.136. The summed E-state index contributed by atoms with van der Waals surface area (Å²) in [4.78, 5) is 13.0. The Morgan fingerprint density at radius 2 is 2.05 bits per heavy atom. The Kier molecular flexibility index (Phi) is 4.45. The molecule has 106 valence electrons. The van der Waals surface area contributed by atoms with E-state index in [0.29, 0.717) is 6.54 Å². The Bertz CT molecular complexity index is 563. The minimum atomic E-state index is -0.796. The molecule has 0 aliphatic carbocycles. The number of hydrogen-bond donors (Lipinski definition) is 1. The number of para-hydroxylation sites is 1. The van der Waals surface area contributed by atoms with Crippen molar-refractivity contribution in [3.63, 3.8) is 0 Å². The van der Waals surface area contributed by atoms with Crippen molar-refractivity contribution in [3.8, 4) is 0 Å². The summed E-state index contributed by atoms with van der Waals surface area (Å²) in [6.07, 6.45) is 1.73. The molecule has 1 N–H and O–H groups in total. The molecule has 0 aliphatic rings. The maximum Gasteiger partial charge on any atom is 0.305 e. The Morgan fingerprint density at radius 1 is 1.30 bits per heavy atom. The molecule has 4 nitrogen and oxygen atoms in total. The van der Waals surface area contributed by atoms with Crippen LogP contribution in [0.3, 0.4) is 0 Å². The minimum absolute atomic E-state index is 0.00884. The van der Waals surface area contributed by atoms with Crippen molar-refractivity contribution < 1.29 is 14.3 Å². The molecule has 2 aromatic rings. The standard InChI is InChI=1S/C16H19NO3/c1-12-6-3-4-7-14(12)17(10-9-16(18)19)13(2)15-8-5-11-20-15/h3-8,11,13H,9-10H2,1-2H3,(H,18,19). The molecule has 1 aromatic heterocycles. The number of carboxylic acid groups (broad SMARTS) is 1. The Morgan fingerprint density at radius 3 is 2.65 bits per heavy atom. The number of furan rings is 1. The maximum atomic E-state index is 10.9. The van der Waals surface area contributed by atoms with Gasteiger partial charge in [-0.15, -0.1) is 0 Å². The van der Waals surface area contributed by atoms with E-state index in [0.717, 1.165) is 17.0 Å². The van der Waals surface area contributed by atoms with Crippen LogP contribution in [0.1, 0.15) is 30.7 Å². The van der Waals surface area contributed by atoms with E-state index in [1.54, 1.807) is 6.26 Å². The van der Waals surface area contributed by atoms with Gasteiger partial charge >= 0.3 is 5.97 Å². The molecule has 0 aliphatic heterocycles. The van der Waals surface area contributed by atoms with E-state index in [-0.39, 0.29) is 12.5 Å². The number of benzene rings is 1. The van der Waals surface area contributed by atoms with Crippen LogP contribution in [0.15, 0.2) is 47.1 Å². The molecule has 0 spiro atoms. The molecule has 1 aromatic carbocycles. The van der Waals surface area contributed by atoms with Crippen LogP contribution in [0.2, 0.25) is 0 Å². The third kappa shape index (κ3) is 3.20. The molecular formula is C16H19NO3. The Balaban J connectivity index is 2.29. The molecule has 0 saturated heterocycles. The molecule has 4 heteroatoms. The van der Waals surface area contributed by atoms with Gasteiger partial charge in [0.25, 0.3) is 0 Å². The zero-order valence-electron chi connectivity index (χ0n) is 11.7. The number of nitrogens with zero attached hydrogens (tertiary/aromatic N) is 1. The van der Waals surface area contributed by atoms with E-state index in [2.05, 4.69) is 4.90 Å². The first-order chi connectivity index (χ1) is 9.59. The molecule has 0 saturated carbocycles. The van der Waals surface area contributed by atoms with E-state index >= 15 is 0 Å². The van der Waals surface area contributed by atoms with Gasteiger partial charge in [0.15, 0.2) is 0 Å². The zero-order valence-corrected chi connectivity index (χ0v) is 11.7. The number of carbonyl (C=O) groups is 1. The normalized spacial score (nSPS) is 12.1. The highest BCUT2D eigenvalue weighted by Gasteiger charge is 2.20. The molecule has 1 heterocycles. The monoisotopic (exact) mass is 273 g/mol. The number of hydrogen-bond acceptors (Lipinski definition) is 3. The fourth-order valence-corrected chi connectivity index (χ4v) is 2.31. The Labute approximate surface area is 118 Å². The van der Waals surface area contributed by atoms with Crippen molar-refractivity contribution >= 4 is 11.7 Å². The van der Waals surface area contributed by atoms with Crippen LogP contribution in [0.5, 0.6) is 0 Å². The number of aryl methyl sites for hydroxylation is 1. The summed E-state index contributed by atoms with van der Waals surface area (Å²) < 4.78 is 5.46. The van der Waals surface area contributed by atoms with E-state index in [9.17, 15) is 4.79 Å². The highest BCUT2D eigenvalue weighted by molar-refractivity contribution is 5.68. The topological polar surface area (TPSA) is 53.7 Å². The molecule has 0 bridgehead atoms. The summed E-state index contributed by atoms with van der Waals surface area (Å²) in [7, 11) is 0. The molecule has 0 radical (unpaired) electrons. The molecule has 2 rings (SSSR count). The number of anilines is 1. The average molecular weight is 273 g/mol. The summed E-state index contributed by atoms with van der Waals surface area (Å²) in [6, 6.07) is 11.7. The van der Waals surface area contributed by atoms with Crippen LogP contribution >= 0.6 is 0 Å². The van der Waals surface area contributed by atoms with Gasteiger partial charge in [-0.3, -0.25) is 4.79 Å². The van der Waals surface area contributed by atoms with Gasteiger partial charge in [-0.25, -0.2) is 0 Å². The third-order valence-corrected chi connectivity index (χ3v) is 3.41. The lowest BCUT2D eigenvalue weighted by atomic mass is 10.1.